The van der Waals surface area contributed by atoms with Crippen molar-refractivity contribution in [1.82, 2.24) is 15.1 Å². The Balaban J connectivity index is 1.89. The molecule has 1 heterocycles. The van der Waals surface area contributed by atoms with Gasteiger partial charge < -0.3 is 15.4 Å². The van der Waals surface area contributed by atoms with E-state index in [9.17, 15) is 4.39 Å². The first-order valence-electron chi connectivity index (χ1n) is 6.49. The molecule has 0 bridgehead atoms. The smallest absolute Gasteiger partial charge is 0.172 e. The molecule has 0 saturated heterocycles. The number of thiocarbonyl (C=S) groups is 1. The van der Waals surface area contributed by atoms with E-state index >= 15 is 0 Å². The van der Waals surface area contributed by atoms with Crippen LogP contribution in [0.1, 0.15) is 5.56 Å². The van der Waals surface area contributed by atoms with Gasteiger partial charge in [-0.05, 0) is 18.3 Å². The molecule has 0 aliphatic rings. The number of rotatable bonds is 6. The van der Waals surface area contributed by atoms with Crippen molar-refractivity contribution < 1.29 is 9.13 Å². The Kier molecular flexibility index (Phi) is 5.65. The minimum absolute atomic E-state index is 0.237. The Bertz CT molecular complexity index is 602. The average Bonchev–Trinajstić information content (AvgIpc) is 2.89. The van der Waals surface area contributed by atoms with E-state index < -0.39 is 0 Å². The van der Waals surface area contributed by atoms with E-state index in [1.54, 1.807) is 42.3 Å². The number of anilines is 1. The van der Waals surface area contributed by atoms with E-state index in [4.69, 9.17) is 17.0 Å². The molecule has 2 N–H and O–H groups in total. The molecule has 21 heavy (non-hydrogen) atoms. The molecule has 0 radical (unpaired) electrons. The van der Waals surface area contributed by atoms with Gasteiger partial charge in [0.15, 0.2) is 10.9 Å². The van der Waals surface area contributed by atoms with E-state index in [-0.39, 0.29) is 5.82 Å². The minimum atomic E-state index is -0.237. The highest BCUT2D eigenvalue weighted by Crippen LogP contribution is 2.10. The quantitative estimate of drug-likeness (QED) is 0.631. The molecule has 5 nitrogen and oxygen atoms in total. The van der Waals surface area contributed by atoms with E-state index in [1.165, 1.54) is 6.07 Å². The number of halogens is 1. The summed E-state index contributed by atoms with van der Waals surface area (Å²) in [5.74, 6) is 0.375. The van der Waals surface area contributed by atoms with Crippen molar-refractivity contribution in [3.05, 3.63) is 47.9 Å². The topological polar surface area (TPSA) is 51.1 Å². The van der Waals surface area contributed by atoms with Crippen LogP contribution in [0.2, 0.25) is 0 Å². The van der Waals surface area contributed by atoms with E-state index in [0.29, 0.717) is 36.2 Å². The summed E-state index contributed by atoms with van der Waals surface area (Å²) < 4.78 is 20.1. The number of hydrogen-bond donors (Lipinski definition) is 2. The van der Waals surface area contributed by atoms with Gasteiger partial charge in [0.05, 0.1) is 13.2 Å². The normalized spacial score (nSPS) is 10.4. The molecule has 0 amide bonds. The third-order valence-electron chi connectivity index (χ3n) is 2.76. The summed E-state index contributed by atoms with van der Waals surface area (Å²) in [4.78, 5) is 0. The predicted octanol–water partition coefficient (Wildman–Crippen LogP) is 2.00. The Morgan fingerprint density at radius 3 is 2.95 bits per heavy atom. The Labute approximate surface area is 128 Å². The average molecular weight is 308 g/mol. The molecule has 0 atom stereocenters. The Morgan fingerprint density at radius 1 is 1.38 bits per heavy atom. The molecule has 1 aromatic carbocycles. The van der Waals surface area contributed by atoms with Crippen LogP contribution < -0.4 is 10.6 Å². The van der Waals surface area contributed by atoms with E-state index in [1.807, 2.05) is 0 Å². The summed E-state index contributed by atoms with van der Waals surface area (Å²) in [5.41, 5.74) is 0.591. The van der Waals surface area contributed by atoms with Gasteiger partial charge in [-0.25, -0.2) is 4.39 Å². The lowest BCUT2D eigenvalue weighted by atomic mass is 10.2. The van der Waals surface area contributed by atoms with Gasteiger partial charge in [0.25, 0.3) is 0 Å². The molecule has 112 valence electrons. The zero-order valence-electron chi connectivity index (χ0n) is 11.7. The molecule has 0 aliphatic carbocycles. The van der Waals surface area contributed by atoms with Crippen LogP contribution in [0.4, 0.5) is 10.2 Å². The van der Waals surface area contributed by atoms with Gasteiger partial charge in [-0.15, -0.1) is 0 Å². The van der Waals surface area contributed by atoms with Crippen molar-refractivity contribution in [3.8, 4) is 0 Å². The fourth-order valence-corrected chi connectivity index (χ4v) is 1.95. The molecule has 7 heteroatoms. The van der Waals surface area contributed by atoms with Crippen LogP contribution in [0.15, 0.2) is 36.5 Å². The van der Waals surface area contributed by atoms with Crippen LogP contribution in [-0.4, -0.2) is 35.2 Å². The minimum Gasteiger partial charge on any atom is -0.383 e. The molecular formula is C14H17FN4OS. The van der Waals surface area contributed by atoms with Crippen molar-refractivity contribution in [1.29, 1.82) is 0 Å². The first kappa shape index (κ1) is 15.4. The summed E-state index contributed by atoms with van der Waals surface area (Å²) in [5, 5.41) is 10.7. The summed E-state index contributed by atoms with van der Waals surface area (Å²) in [6.07, 6.45) is 1.77. The largest absolute Gasteiger partial charge is 0.383 e. The van der Waals surface area contributed by atoms with Crippen molar-refractivity contribution in [2.75, 3.05) is 25.6 Å². The first-order valence-corrected chi connectivity index (χ1v) is 6.90. The number of nitrogens with one attached hydrogen (secondary N) is 2. The zero-order chi connectivity index (χ0) is 15.1. The fourth-order valence-electron chi connectivity index (χ4n) is 1.74. The monoisotopic (exact) mass is 308 g/mol. The number of hydrogen-bond acceptors (Lipinski definition) is 3. The second-order valence-corrected chi connectivity index (χ2v) is 4.77. The maximum Gasteiger partial charge on any atom is 0.172 e. The van der Waals surface area contributed by atoms with Gasteiger partial charge in [0.2, 0.25) is 0 Å². The van der Waals surface area contributed by atoms with Crippen LogP contribution >= 0.6 is 12.2 Å². The predicted molar refractivity (Wildman–Crippen MR) is 83.8 cm³/mol. The van der Waals surface area contributed by atoms with Gasteiger partial charge in [0, 0.05) is 31.5 Å². The molecule has 0 spiro atoms. The van der Waals surface area contributed by atoms with E-state index in [2.05, 4.69) is 15.7 Å². The highest BCUT2D eigenvalue weighted by atomic mass is 32.1. The molecule has 2 rings (SSSR count). The van der Waals surface area contributed by atoms with Crippen LogP contribution in [0, 0.1) is 5.82 Å². The van der Waals surface area contributed by atoms with Crippen molar-refractivity contribution >= 4 is 23.1 Å². The third kappa shape index (κ3) is 4.80. The summed E-state index contributed by atoms with van der Waals surface area (Å²) in [6.45, 7) is 1.57. The SMILES string of the molecule is COCCNC(=S)Nc1ccn(Cc2ccccc2F)n1. The maximum atomic E-state index is 13.6. The zero-order valence-corrected chi connectivity index (χ0v) is 12.5. The lowest BCUT2D eigenvalue weighted by molar-refractivity contribution is 0.204. The van der Waals surface area contributed by atoms with Crippen LogP contribution in [0.5, 0.6) is 0 Å². The Hall–Kier alpha value is -1.99. The third-order valence-corrected chi connectivity index (χ3v) is 3.01. The highest BCUT2D eigenvalue weighted by Gasteiger charge is 2.05. The summed E-state index contributed by atoms with van der Waals surface area (Å²) >= 11 is 5.12. The summed E-state index contributed by atoms with van der Waals surface area (Å²) in [7, 11) is 1.63. The molecule has 0 saturated carbocycles. The van der Waals surface area contributed by atoms with Crippen molar-refractivity contribution in [2.45, 2.75) is 6.54 Å². The van der Waals surface area contributed by atoms with Crippen molar-refractivity contribution in [2.24, 2.45) is 0 Å². The first-order chi connectivity index (χ1) is 10.2. The molecule has 0 unspecified atom stereocenters. The van der Waals surface area contributed by atoms with Crippen LogP contribution in [0.3, 0.4) is 0 Å². The molecule has 0 aliphatic heterocycles. The van der Waals surface area contributed by atoms with Gasteiger partial charge in [-0.1, -0.05) is 18.2 Å². The number of ether oxygens (including phenoxy) is 1. The van der Waals surface area contributed by atoms with Gasteiger partial charge >= 0.3 is 0 Å². The molecular weight excluding hydrogens is 291 g/mol. The lowest BCUT2D eigenvalue weighted by Crippen LogP contribution is -2.31. The molecule has 1 aromatic heterocycles. The molecule has 0 fully saturated rings. The number of nitrogens with zero attached hydrogens (tertiary/aromatic N) is 2. The molecule has 2 aromatic rings. The number of benzene rings is 1. The second kappa shape index (κ2) is 7.70. The van der Waals surface area contributed by atoms with Gasteiger partial charge in [-0.3, -0.25) is 4.68 Å². The second-order valence-electron chi connectivity index (χ2n) is 4.36. The fraction of sp³-hybridized carbons (Fsp3) is 0.286. The Morgan fingerprint density at radius 2 is 2.19 bits per heavy atom. The summed E-state index contributed by atoms with van der Waals surface area (Å²) in [6, 6.07) is 8.42. The van der Waals surface area contributed by atoms with Crippen molar-refractivity contribution in [3.63, 3.8) is 0 Å². The standard InChI is InChI=1S/C14H17FN4OS/c1-20-9-7-16-14(21)17-13-6-8-19(18-13)10-11-4-2-3-5-12(11)15/h2-6,8H,7,9-10H2,1H3,(H2,16,17,18,21). The lowest BCUT2D eigenvalue weighted by Gasteiger charge is -2.07. The van der Waals surface area contributed by atoms with Gasteiger partial charge in [-0.2, -0.15) is 5.10 Å². The van der Waals surface area contributed by atoms with Crippen LogP contribution in [0.25, 0.3) is 0 Å². The number of methoxy groups -OCH3 is 1. The maximum absolute atomic E-state index is 13.6. The number of aromatic nitrogens is 2. The van der Waals surface area contributed by atoms with Gasteiger partial charge in [0.1, 0.15) is 5.82 Å². The van der Waals surface area contributed by atoms with E-state index in [0.717, 1.165) is 0 Å². The van der Waals surface area contributed by atoms with Crippen LogP contribution in [-0.2, 0) is 11.3 Å². The highest BCUT2D eigenvalue weighted by molar-refractivity contribution is 7.80.